The van der Waals surface area contributed by atoms with Crippen LogP contribution in [0.2, 0.25) is 5.02 Å². The molecule has 1 N–H and O–H groups in total. The lowest BCUT2D eigenvalue weighted by Crippen LogP contribution is -2.51. The summed E-state index contributed by atoms with van der Waals surface area (Å²) >= 11 is 6.02. The molecule has 0 spiro atoms. The van der Waals surface area contributed by atoms with E-state index in [4.69, 9.17) is 21.1 Å². The number of anilines is 1. The van der Waals surface area contributed by atoms with Crippen LogP contribution in [0.3, 0.4) is 0 Å². The number of hydrogen-bond acceptors (Lipinski definition) is 9. The molecule has 1 aromatic carbocycles. The van der Waals surface area contributed by atoms with Crippen LogP contribution in [-0.2, 0) is 11.0 Å². The zero-order valence-electron chi connectivity index (χ0n) is 24.3. The molecule has 4 fully saturated rings. The molecule has 7 rings (SSSR count). The van der Waals surface area contributed by atoms with Gasteiger partial charge in [0.25, 0.3) is 0 Å². The Morgan fingerprint density at radius 1 is 1.18 bits per heavy atom. The highest BCUT2D eigenvalue weighted by molar-refractivity contribution is 6.32. The van der Waals surface area contributed by atoms with Crippen LogP contribution in [0.1, 0.15) is 44.6 Å². The van der Waals surface area contributed by atoms with Crippen molar-refractivity contribution in [2.75, 3.05) is 37.7 Å². The summed E-state index contributed by atoms with van der Waals surface area (Å²) in [5.74, 6) is -1.89. The van der Waals surface area contributed by atoms with E-state index in [1.807, 2.05) is 4.90 Å². The lowest BCUT2D eigenvalue weighted by atomic mass is 9.95. The average molecular weight is 653 g/mol. The molecule has 15 heteroatoms. The van der Waals surface area contributed by atoms with Gasteiger partial charge < -0.3 is 19.7 Å². The lowest BCUT2D eigenvalue weighted by Gasteiger charge is -2.34. The molecule has 0 amide bonds. The molecular formula is C30H30ClF5N6O3. The van der Waals surface area contributed by atoms with Gasteiger partial charge in [-0.3, -0.25) is 14.7 Å². The predicted octanol–water partition coefficient (Wildman–Crippen LogP) is 5.32. The van der Waals surface area contributed by atoms with Crippen LogP contribution in [0.15, 0.2) is 18.3 Å². The number of carbonyl (C=O) groups excluding carboxylic acids is 1. The molecule has 4 atom stereocenters. The number of pyridine rings is 1. The summed E-state index contributed by atoms with van der Waals surface area (Å²) in [7, 11) is 0. The van der Waals surface area contributed by atoms with Gasteiger partial charge in [0.2, 0.25) is 0 Å². The summed E-state index contributed by atoms with van der Waals surface area (Å²) in [6.07, 6.45) is -0.874. The fourth-order valence-electron chi connectivity index (χ4n) is 7.41. The maximum Gasteiger partial charge on any atom is 0.418 e. The van der Waals surface area contributed by atoms with Crippen molar-refractivity contribution in [3.63, 3.8) is 0 Å². The number of aromatic nitrogens is 3. The highest BCUT2D eigenvalue weighted by atomic mass is 35.5. The van der Waals surface area contributed by atoms with E-state index in [0.29, 0.717) is 31.9 Å². The maximum absolute atomic E-state index is 16.5. The molecule has 0 aliphatic carbocycles. The Bertz CT molecular complexity index is 1670. The summed E-state index contributed by atoms with van der Waals surface area (Å²) in [6, 6.07) is 1.95. The Morgan fingerprint density at radius 2 is 1.93 bits per heavy atom. The fourth-order valence-corrected chi connectivity index (χ4v) is 7.73. The van der Waals surface area contributed by atoms with Gasteiger partial charge in [-0.25, -0.2) is 8.78 Å². The highest BCUT2D eigenvalue weighted by Gasteiger charge is 2.49. The molecule has 2 bridgehead atoms. The van der Waals surface area contributed by atoms with E-state index < -0.39 is 51.5 Å². The first-order valence-electron chi connectivity index (χ1n) is 14.9. The minimum atomic E-state index is -4.99. The second kappa shape index (κ2) is 11.2. The summed E-state index contributed by atoms with van der Waals surface area (Å²) < 4.78 is 84.7. The third-order valence-corrected chi connectivity index (χ3v) is 9.55. The van der Waals surface area contributed by atoms with E-state index in [1.165, 1.54) is 6.20 Å². The maximum atomic E-state index is 16.5. The number of carbonyl (C=O) groups is 1. The van der Waals surface area contributed by atoms with Crippen molar-refractivity contribution in [1.29, 1.82) is 0 Å². The normalized spacial score (nSPS) is 26.5. The van der Waals surface area contributed by atoms with Gasteiger partial charge in [0.05, 0.1) is 21.5 Å². The molecule has 3 unspecified atom stereocenters. The van der Waals surface area contributed by atoms with Crippen LogP contribution in [0.5, 0.6) is 11.8 Å². The molecule has 9 nitrogen and oxygen atoms in total. The van der Waals surface area contributed by atoms with Crippen molar-refractivity contribution in [2.45, 2.75) is 69.0 Å². The SMILES string of the molecule is CC(=O)Oc1cc(Cl)c(C(F)(F)F)c(-c2ncc3c(N4CC5CCC(C4)N5)nc(OCC45CCCN4C[C@H](F)C5)nc3c2F)c1. The minimum Gasteiger partial charge on any atom is -0.461 e. The van der Waals surface area contributed by atoms with Gasteiger partial charge in [-0.05, 0) is 38.3 Å². The van der Waals surface area contributed by atoms with E-state index >= 15 is 4.39 Å². The number of piperazine rings is 1. The molecule has 3 aromatic rings. The van der Waals surface area contributed by atoms with E-state index in [9.17, 15) is 22.4 Å². The summed E-state index contributed by atoms with van der Waals surface area (Å²) in [4.78, 5) is 28.8. The van der Waals surface area contributed by atoms with E-state index in [0.717, 1.165) is 51.3 Å². The number of esters is 1. The first-order chi connectivity index (χ1) is 21.4. The number of fused-ring (bicyclic) bond motifs is 4. The zero-order valence-corrected chi connectivity index (χ0v) is 25.0. The van der Waals surface area contributed by atoms with Gasteiger partial charge in [0, 0.05) is 62.9 Å². The standard InChI is InChI=1S/C30H30ClF5N6O3/c1-15(43)45-19-7-20(23(22(31)8-19)30(34,35)36)25-24(33)26-21(10-37-25)27(41-12-17-3-4-18(13-41)38-17)40-28(39-26)44-14-29-5-2-6-42(29)11-16(32)9-29/h7-8,10,16-18,38H,2-6,9,11-14H2,1H3/t16-,17?,18?,29?/m1/s1. The van der Waals surface area contributed by atoms with Crippen LogP contribution in [0.25, 0.3) is 22.2 Å². The van der Waals surface area contributed by atoms with Crippen molar-refractivity contribution in [3.05, 3.63) is 34.7 Å². The number of alkyl halides is 4. The van der Waals surface area contributed by atoms with Gasteiger partial charge >= 0.3 is 18.2 Å². The molecule has 4 aliphatic rings. The number of rotatable bonds is 6. The number of nitrogens with zero attached hydrogens (tertiary/aromatic N) is 5. The average Bonchev–Trinajstić information content (AvgIpc) is 3.60. The summed E-state index contributed by atoms with van der Waals surface area (Å²) in [5, 5.41) is 2.94. The van der Waals surface area contributed by atoms with E-state index in [2.05, 4.69) is 25.2 Å². The topological polar surface area (TPSA) is 92.7 Å². The monoisotopic (exact) mass is 652 g/mol. The van der Waals surface area contributed by atoms with Crippen molar-refractivity contribution in [3.8, 4) is 23.0 Å². The molecule has 4 saturated heterocycles. The number of halogens is 6. The van der Waals surface area contributed by atoms with Crippen LogP contribution in [0.4, 0.5) is 27.8 Å². The highest BCUT2D eigenvalue weighted by Crippen LogP contribution is 2.45. The van der Waals surface area contributed by atoms with Crippen LogP contribution >= 0.6 is 11.6 Å². The Balaban J connectivity index is 1.35. The van der Waals surface area contributed by atoms with E-state index in [-0.39, 0.29) is 41.4 Å². The Hall–Kier alpha value is -3.36. The molecular weight excluding hydrogens is 623 g/mol. The smallest absolute Gasteiger partial charge is 0.418 e. The first-order valence-corrected chi connectivity index (χ1v) is 15.3. The largest absolute Gasteiger partial charge is 0.461 e. The lowest BCUT2D eigenvalue weighted by molar-refractivity contribution is -0.137. The number of ether oxygens (including phenoxy) is 2. The number of benzene rings is 1. The number of nitrogens with one attached hydrogen (secondary N) is 1. The molecule has 45 heavy (non-hydrogen) atoms. The quantitative estimate of drug-likeness (QED) is 0.216. The van der Waals surface area contributed by atoms with E-state index in [1.54, 1.807) is 0 Å². The third kappa shape index (κ3) is 5.54. The van der Waals surface area contributed by atoms with Gasteiger partial charge in [0.15, 0.2) is 5.82 Å². The second-order valence-corrected chi connectivity index (χ2v) is 12.7. The molecule has 4 aliphatic heterocycles. The molecule has 240 valence electrons. The van der Waals surface area contributed by atoms with Crippen molar-refractivity contribution < 1.29 is 36.2 Å². The van der Waals surface area contributed by atoms with Crippen molar-refractivity contribution in [1.82, 2.24) is 25.2 Å². The molecule has 2 aromatic heterocycles. The predicted molar refractivity (Wildman–Crippen MR) is 155 cm³/mol. The van der Waals surface area contributed by atoms with Gasteiger partial charge in [-0.15, -0.1) is 0 Å². The molecule has 6 heterocycles. The summed E-state index contributed by atoms with van der Waals surface area (Å²) in [6.45, 7) is 3.37. The van der Waals surface area contributed by atoms with Crippen LogP contribution in [-0.4, -0.2) is 82.4 Å². The molecule has 0 saturated carbocycles. The number of hydrogen-bond donors (Lipinski definition) is 1. The zero-order chi connectivity index (χ0) is 31.7. The van der Waals surface area contributed by atoms with Crippen molar-refractivity contribution in [2.24, 2.45) is 0 Å². The van der Waals surface area contributed by atoms with Crippen LogP contribution < -0.4 is 19.7 Å². The molecule has 0 radical (unpaired) electrons. The first kappa shape index (κ1) is 30.3. The fraction of sp³-hybridized carbons (Fsp3) is 0.533. The minimum absolute atomic E-state index is 0.0863. The van der Waals surface area contributed by atoms with Gasteiger partial charge in [-0.1, -0.05) is 11.6 Å². The second-order valence-electron chi connectivity index (χ2n) is 12.3. The Kier molecular flexibility index (Phi) is 7.52. The van der Waals surface area contributed by atoms with Gasteiger partial charge in [-0.2, -0.15) is 23.1 Å². The Labute approximate surface area is 260 Å². The Morgan fingerprint density at radius 3 is 2.64 bits per heavy atom. The van der Waals surface area contributed by atoms with Crippen LogP contribution in [0, 0.1) is 5.82 Å². The van der Waals surface area contributed by atoms with Crippen molar-refractivity contribution >= 4 is 34.3 Å². The third-order valence-electron chi connectivity index (χ3n) is 9.25. The van der Waals surface area contributed by atoms with Gasteiger partial charge in [0.1, 0.15) is 35.6 Å². The summed E-state index contributed by atoms with van der Waals surface area (Å²) in [5.41, 5.74) is -3.54.